The second kappa shape index (κ2) is 30.2. The van der Waals surface area contributed by atoms with Gasteiger partial charge in [0.1, 0.15) is 5.60 Å². The van der Waals surface area contributed by atoms with Crippen molar-refractivity contribution in [2.24, 2.45) is 29.4 Å². The van der Waals surface area contributed by atoms with Crippen molar-refractivity contribution < 1.29 is 47.7 Å². The van der Waals surface area contributed by atoms with E-state index in [1.54, 1.807) is 58.0 Å². The Balaban J connectivity index is 0.00000121. The van der Waals surface area contributed by atoms with Gasteiger partial charge in [-0.3, -0.25) is 9.59 Å². The lowest BCUT2D eigenvalue weighted by Gasteiger charge is -2.22. The molecular formula is C46H64Cl2N6O10. The van der Waals surface area contributed by atoms with Crippen LogP contribution >= 0.6 is 24.8 Å². The third-order valence-corrected chi connectivity index (χ3v) is 8.77. The summed E-state index contributed by atoms with van der Waals surface area (Å²) in [6.07, 6.45) is 16.0. The minimum absolute atomic E-state index is 0. The molecule has 2 aromatic carbocycles. The number of carbonyl (C=O) groups excluding carboxylic acids is 5. The molecule has 0 aliphatic carbocycles. The van der Waals surface area contributed by atoms with Gasteiger partial charge >= 0.3 is 30.0 Å². The van der Waals surface area contributed by atoms with Crippen LogP contribution in [0.15, 0.2) is 98.1 Å². The van der Waals surface area contributed by atoms with E-state index in [1.807, 2.05) is 97.8 Å². The van der Waals surface area contributed by atoms with Crippen LogP contribution in [-0.4, -0.2) is 81.3 Å². The van der Waals surface area contributed by atoms with Gasteiger partial charge in [0.05, 0.1) is 24.5 Å². The standard InChI is InChI=1S/C25H33N3O6.C20H25N3O4.CH4.2ClH/c1-18(2)21(14-27-24(31)34-25(3,4)5)23(30)33-17-32-22(29)11-10-19-6-8-20(9-7-19)15-28-13-12-26-16-28;1-15(2)18(11-21)20(25)27-14-26-19(24)8-7-16-3-5-17(6-4-16)12-23-10-9-22-13-23;;;/h6-13,16,18,21H,14-15,17H2,1-5H3,(H,27,31);3-10,13,15,18H,11-12,14,21H2,1-2H3;1H4;2*1H/b11-10+;8-7+;;;. The van der Waals surface area contributed by atoms with Crippen LogP contribution in [0.1, 0.15) is 78.1 Å². The van der Waals surface area contributed by atoms with E-state index < -0.39 is 61.0 Å². The van der Waals surface area contributed by atoms with Crippen molar-refractivity contribution in [1.82, 2.24) is 24.4 Å². The van der Waals surface area contributed by atoms with Gasteiger partial charge in [-0.15, -0.1) is 24.8 Å². The van der Waals surface area contributed by atoms with Gasteiger partial charge in [0, 0.05) is 63.1 Å². The zero-order chi connectivity index (χ0) is 44.8. The maximum atomic E-state index is 12.4. The molecule has 2 heterocycles. The molecule has 0 saturated heterocycles. The highest BCUT2D eigenvalue weighted by Gasteiger charge is 2.26. The van der Waals surface area contributed by atoms with Gasteiger partial charge < -0.3 is 43.9 Å². The Labute approximate surface area is 388 Å². The number of ether oxygens (including phenoxy) is 5. The molecule has 64 heavy (non-hydrogen) atoms. The van der Waals surface area contributed by atoms with Gasteiger partial charge in [-0.05, 0) is 67.0 Å². The Morgan fingerprint density at radius 1 is 0.672 bits per heavy atom. The molecule has 0 saturated carbocycles. The fourth-order valence-corrected chi connectivity index (χ4v) is 5.32. The summed E-state index contributed by atoms with van der Waals surface area (Å²) in [5, 5.41) is 2.57. The van der Waals surface area contributed by atoms with Crippen molar-refractivity contribution in [3.05, 3.63) is 120 Å². The maximum Gasteiger partial charge on any atom is 0.407 e. The number of hydrogen-bond acceptors (Lipinski definition) is 13. The van der Waals surface area contributed by atoms with Gasteiger partial charge in [0.25, 0.3) is 0 Å². The van der Waals surface area contributed by atoms with E-state index in [1.165, 1.54) is 12.2 Å². The van der Waals surface area contributed by atoms with Crippen molar-refractivity contribution in [1.29, 1.82) is 0 Å². The monoisotopic (exact) mass is 930 g/mol. The number of amides is 1. The van der Waals surface area contributed by atoms with E-state index in [2.05, 4.69) is 15.3 Å². The Bertz CT molecular complexity index is 2010. The number of nitrogens with zero attached hydrogens (tertiary/aromatic N) is 4. The first-order chi connectivity index (χ1) is 29.0. The SMILES string of the molecule is C.CC(C)C(CN)C(=O)OCOC(=O)/C=C/c1ccc(Cn2ccnc2)cc1.CC(C)C(CNC(=O)OC(C)(C)C)C(=O)OCOC(=O)/C=C/c1ccc(Cn2ccnc2)cc1.Cl.Cl. The average Bonchev–Trinajstić information content (AvgIpc) is 3.92. The molecule has 0 bridgehead atoms. The molecule has 2 atom stereocenters. The van der Waals surface area contributed by atoms with E-state index in [9.17, 15) is 24.0 Å². The number of imidazole rings is 2. The first kappa shape index (κ1) is 58.0. The molecule has 0 aliphatic rings. The molecular weight excluding hydrogens is 867 g/mol. The van der Waals surface area contributed by atoms with Crippen molar-refractivity contribution in [2.45, 2.75) is 74.6 Å². The summed E-state index contributed by atoms with van der Waals surface area (Å²) in [4.78, 5) is 67.7. The summed E-state index contributed by atoms with van der Waals surface area (Å²) >= 11 is 0. The van der Waals surface area contributed by atoms with Crippen LogP contribution in [0, 0.1) is 23.7 Å². The van der Waals surface area contributed by atoms with E-state index in [4.69, 9.17) is 29.4 Å². The summed E-state index contributed by atoms with van der Waals surface area (Å²) in [5.41, 5.74) is 8.82. The summed E-state index contributed by atoms with van der Waals surface area (Å²) in [7, 11) is 0. The van der Waals surface area contributed by atoms with Gasteiger partial charge in [-0.1, -0.05) is 83.7 Å². The Kier molecular flexibility index (Phi) is 27.4. The van der Waals surface area contributed by atoms with E-state index >= 15 is 0 Å². The number of halogens is 2. The van der Waals surface area contributed by atoms with Crippen LogP contribution in [0.4, 0.5) is 4.79 Å². The van der Waals surface area contributed by atoms with Crippen molar-refractivity contribution in [3.63, 3.8) is 0 Å². The quantitative estimate of drug-likeness (QED) is 0.0405. The molecule has 0 fully saturated rings. The molecule has 0 spiro atoms. The number of aromatic nitrogens is 4. The minimum atomic E-state index is -0.637. The van der Waals surface area contributed by atoms with Gasteiger partial charge in [-0.2, -0.15) is 0 Å². The molecule has 3 N–H and O–H groups in total. The summed E-state index contributed by atoms with van der Waals surface area (Å²) in [6.45, 7) is 13.4. The summed E-state index contributed by atoms with van der Waals surface area (Å²) in [6, 6.07) is 15.5. The van der Waals surface area contributed by atoms with Crippen LogP contribution in [0.3, 0.4) is 0 Å². The number of benzene rings is 2. The number of hydrogen-bond donors (Lipinski definition) is 2. The van der Waals surface area contributed by atoms with Gasteiger partial charge in [0.15, 0.2) is 0 Å². The van der Waals surface area contributed by atoms with Crippen LogP contribution in [0.5, 0.6) is 0 Å². The van der Waals surface area contributed by atoms with Gasteiger partial charge in [0.2, 0.25) is 13.6 Å². The second-order valence-electron chi connectivity index (χ2n) is 15.5. The topological polar surface area (TPSA) is 205 Å². The normalized spacial score (nSPS) is 11.8. The largest absolute Gasteiger partial charge is 0.444 e. The van der Waals surface area contributed by atoms with E-state index in [0.29, 0.717) is 6.54 Å². The first-order valence-electron chi connectivity index (χ1n) is 19.8. The van der Waals surface area contributed by atoms with Crippen molar-refractivity contribution in [2.75, 3.05) is 26.7 Å². The Morgan fingerprint density at radius 3 is 1.42 bits per heavy atom. The highest BCUT2D eigenvalue weighted by atomic mass is 35.5. The Morgan fingerprint density at radius 2 is 1.08 bits per heavy atom. The predicted molar refractivity (Wildman–Crippen MR) is 249 cm³/mol. The average molecular weight is 932 g/mol. The molecule has 0 radical (unpaired) electrons. The van der Waals surface area contributed by atoms with Crippen LogP contribution < -0.4 is 11.1 Å². The zero-order valence-corrected chi connectivity index (χ0v) is 38.3. The van der Waals surface area contributed by atoms with Gasteiger partial charge in [-0.25, -0.2) is 24.4 Å². The van der Waals surface area contributed by atoms with E-state index in [0.717, 1.165) is 28.8 Å². The third-order valence-electron chi connectivity index (χ3n) is 8.77. The summed E-state index contributed by atoms with van der Waals surface area (Å²) < 4.78 is 29.0. The highest BCUT2D eigenvalue weighted by molar-refractivity contribution is 5.88. The minimum Gasteiger partial charge on any atom is -0.444 e. The molecule has 4 rings (SSSR count). The molecule has 352 valence electrons. The molecule has 2 unspecified atom stereocenters. The van der Waals surface area contributed by atoms with Crippen LogP contribution in [0.2, 0.25) is 0 Å². The first-order valence-corrected chi connectivity index (χ1v) is 19.8. The number of carbonyl (C=O) groups is 5. The molecule has 18 heteroatoms. The number of nitrogens with one attached hydrogen (secondary N) is 1. The fourth-order valence-electron chi connectivity index (χ4n) is 5.32. The molecule has 4 aromatic rings. The number of nitrogens with two attached hydrogens (primary N) is 1. The molecule has 16 nitrogen and oxygen atoms in total. The summed E-state index contributed by atoms with van der Waals surface area (Å²) in [5.74, 6) is -3.30. The van der Waals surface area contributed by atoms with Crippen molar-refractivity contribution >= 4 is 66.9 Å². The van der Waals surface area contributed by atoms with Crippen LogP contribution in [0.25, 0.3) is 12.2 Å². The smallest absolute Gasteiger partial charge is 0.407 e. The van der Waals surface area contributed by atoms with Crippen molar-refractivity contribution in [3.8, 4) is 0 Å². The lowest BCUT2D eigenvalue weighted by Crippen LogP contribution is -2.39. The molecule has 1 amide bonds. The fraction of sp³-hybridized carbons (Fsp3) is 0.413. The van der Waals surface area contributed by atoms with Crippen LogP contribution in [-0.2, 0) is 56.0 Å². The number of alkyl carbamates (subject to hydrolysis) is 1. The number of esters is 4. The second-order valence-corrected chi connectivity index (χ2v) is 15.5. The highest BCUT2D eigenvalue weighted by Crippen LogP contribution is 2.15. The predicted octanol–water partition coefficient (Wildman–Crippen LogP) is 7.48. The number of rotatable bonds is 19. The third kappa shape index (κ3) is 22.9. The molecule has 0 aliphatic heterocycles. The lowest BCUT2D eigenvalue weighted by atomic mass is 9.96. The zero-order valence-electron chi connectivity index (χ0n) is 36.7. The lowest BCUT2D eigenvalue weighted by molar-refractivity contribution is -0.170. The molecule has 2 aromatic heterocycles. The van der Waals surface area contributed by atoms with E-state index in [-0.39, 0.29) is 57.2 Å². The maximum absolute atomic E-state index is 12.4. The Hall–Kier alpha value is -5.97.